The zero-order valence-electron chi connectivity index (χ0n) is 13.2. The van der Waals surface area contributed by atoms with Gasteiger partial charge in [-0.05, 0) is 32.1 Å². The number of thiazole rings is 1. The van der Waals surface area contributed by atoms with Crippen molar-refractivity contribution in [3.63, 3.8) is 0 Å². The molecular weight excluding hydrogens is 298 g/mol. The number of hydrogen-bond donors (Lipinski definition) is 1. The lowest BCUT2D eigenvalue weighted by molar-refractivity contribution is -0.137. The summed E-state index contributed by atoms with van der Waals surface area (Å²) >= 11 is 1.60. The van der Waals surface area contributed by atoms with Gasteiger partial charge in [0.05, 0.1) is 11.6 Å². The van der Waals surface area contributed by atoms with Crippen LogP contribution in [0.25, 0.3) is 0 Å². The summed E-state index contributed by atoms with van der Waals surface area (Å²) < 4.78 is 0. The highest BCUT2D eigenvalue weighted by molar-refractivity contribution is 7.15. The van der Waals surface area contributed by atoms with Gasteiger partial charge in [0.1, 0.15) is 0 Å². The predicted octanol–water partition coefficient (Wildman–Crippen LogP) is 2.46. The van der Waals surface area contributed by atoms with Crippen LogP contribution in [-0.2, 0) is 22.4 Å². The first kappa shape index (κ1) is 15.5. The number of likely N-dealkylation sites (tertiary alicyclic amines) is 1. The van der Waals surface area contributed by atoms with Gasteiger partial charge in [0, 0.05) is 23.9 Å². The van der Waals surface area contributed by atoms with E-state index in [1.165, 1.54) is 11.3 Å². The van der Waals surface area contributed by atoms with Gasteiger partial charge in [-0.1, -0.05) is 13.8 Å². The quantitative estimate of drug-likeness (QED) is 0.930. The molecule has 1 saturated heterocycles. The van der Waals surface area contributed by atoms with Crippen molar-refractivity contribution in [1.82, 2.24) is 9.88 Å². The number of rotatable bonds is 3. The Labute approximate surface area is 135 Å². The molecule has 1 atom stereocenters. The van der Waals surface area contributed by atoms with E-state index in [0.29, 0.717) is 6.54 Å². The summed E-state index contributed by atoms with van der Waals surface area (Å²) in [5.74, 6) is 0.0262. The van der Waals surface area contributed by atoms with Gasteiger partial charge in [0.2, 0.25) is 11.8 Å². The van der Waals surface area contributed by atoms with Gasteiger partial charge in [-0.15, -0.1) is 11.3 Å². The molecule has 1 aromatic rings. The van der Waals surface area contributed by atoms with E-state index in [0.717, 1.165) is 43.1 Å². The van der Waals surface area contributed by atoms with Crippen LogP contribution in [0.3, 0.4) is 0 Å². The molecule has 1 fully saturated rings. The van der Waals surface area contributed by atoms with Crippen LogP contribution >= 0.6 is 11.3 Å². The fourth-order valence-corrected chi connectivity index (χ4v) is 4.26. The summed E-state index contributed by atoms with van der Waals surface area (Å²) in [6.07, 6.45) is 5.03. The third kappa shape index (κ3) is 3.16. The molecular formula is C16H23N3O2S. The number of hydrogen-bond acceptors (Lipinski definition) is 4. The minimum absolute atomic E-state index is 0.00804. The molecule has 1 aromatic heterocycles. The first-order valence-corrected chi connectivity index (χ1v) is 8.94. The standard InChI is InChI=1S/C16H23N3O2S/c1-10(2)15(21)19-8-4-5-11(9-19)14(20)18-16-17-12-6-3-7-13(12)22-16/h10-11H,3-9H2,1-2H3,(H,17,18,20). The summed E-state index contributed by atoms with van der Waals surface area (Å²) in [6, 6.07) is 0. The van der Waals surface area contributed by atoms with Gasteiger partial charge in [-0.25, -0.2) is 4.98 Å². The van der Waals surface area contributed by atoms with Gasteiger partial charge >= 0.3 is 0 Å². The minimum atomic E-state index is -0.116. The summed E-state index contributed by atoms with van der Waals surface area (Å²) in [7, 11) is 0. The maximum absolute atomic E-state index is 12.5. The molecule has 1 aliphatic carbocycles. The number of piperidine rings is 1. The Balaban J connectivity index is 1.60. The lowest BCUT2D eigenvalue weighted by Crippen LogP contribution is -2.45. The molecule has 0 aromatic carbocycles. The monoisotopic (exact) mass is 321 g/mol. The SMILES string of the molecule is CC(C)C(=O)N1CCCC(C(=O)Nc2nc3c(s2)CCC3)C1. The van der Waals surface area contributed by atoms with Gasteiger partial charge in [0.25, 0.3) is 0 Å². The van der Waals surface area contributed by atoms with Crippen LogP contribution in [-0.4, -0.2) is 34.8 Å². The second-order valence-corrected chi connectivity index (χ2v) is 7.59. The van der Waals surface area contributed by atoms with Crippen LogP contribution in [0.15, 0.2) is 0 Å². The summed E-state index contributed by atoms with van der Waals surface area (Å²) in [4.78, 5) is 32.2. The third-order valence-electron chi connectivity index (χ3n) is 4.42. The van der Waals surface area contributed by atoms with Crippen molar-refractivity contribution in [2.45, 2.75) is 46.0 Å². The lowest BCUT2D eigenvalue weighted by Gasteiger charge is -2.33. The number of carbonyl (C=O) groups is 2. The smallest absolute Gasteiger partial charge is 0.231 e. The van der Waals surface area contributed by atoms with Crippen LogP contribution in [0.5, 0.6) is 0 Å². The molecule has 120 valence electrons. The van der Waals surface area contributed by atoms with E-state index in [9.17, 15) is 9.59 Å². The fourth-order valence-electron chi connectivity index (χ4n) is 3.21. The normalized spacial score (nSPS) is 21.0. The van der Waals surface area contributed by atoms with Crippen LogP contribution in [0.2, 0.25) is 0 Å². The highest BCUT2D eigenvalue weighted by Gasteiger charge is 2.30. The highest BCUT2D eigenvalue weighted by atomic mass is 32.1. The molecule has 1 N–H and O–H groups in total. The van der Waals surface area contributed by atoms with E-state index in [-0.39, 0.29) is 23.7 Å². The number of fused-ring (bicyclic) bond motifs is 1. The molecule has 3 rings (SSSR count). The van der Waals surface area contributed by atoms with E-state index in [2.05, 4.69) is 10.3 Å². The molecule has 2 aliphatic rings. The second kappa shape index (κ2) is 6.36. The first-order valence-electron chi connectivity index (χ1n) is 8.13. The Kier molecular flexibility index (Phi) is 4.47. The third-order valence-corrected chi connectivity index (χ3v) is 5.50. The molecule has 22 heavy (non-hydrogen) atoms. The van der Waals surface area contributed by atoms with E-state index in [1.807, 2.05) is 18.7 Å². The number of anilines is 1. The van der Waals surface area contributed by atoms with Crippen molar-refractivity contribution in [2.24, 2.45) is 11.8 Å². The van der Waals surface area contributed by atoms with Crippen molar-refractivity contribution in [3.05, 3.63) is 10.6 Å². The van der Waals surface area contributed by atoms with Crippen LogP contribution in [0, 0.1) is 11.8 Å². The topological polar surface area (TPSA) is 62.3 Å². The van der Waals surface area contributed by atoms with E-state index < -0.39 is 0 Å². The number of aryl methyl sites for hydroxylation is 2. The summed E-state index contributed by atoms with van der Waals surface area (Å²) in [5.41, 5.74) is 1.15. The highest BCUT2D eigenvalue weighted by Crippen LogP contribution is 2.31. The van der Waals surface area contributed by atoms with Crippen LogP contribution in [0.4, 0.5) is 5.13 Å². The van der Waals surface area contributed by atoms with E-state index in [4.69, 9.17) is 0 Å². The Morgan fingerprint density at radius 3 is 2.86 bits per heavy atom. The Morgan fingerprint density at radius 1 is 1.32 bits per heavy atom. The largest absolute Gasteiger partial charge is 0.342 e. The maximum Gasteiger partial charge on any atom is 0.231 e. The first-order chi connectivity index (χ1) is 10.5. The molecule has 0 bridgehead atoms. The molecule has 0 saturated carbocycles. The van der Waals surface area contributed by atoms with Crippen LogP contribution in [0.1, 0.15) is 43.7 Å². The average molecular weight is 321 g/mol. The zero-order valence-corrected chi connectivity index (χ0v) is 14.0. The lowest BCUT2D eigenvalue weighted by atomic mass is 9.96. The van der Waals surface area contributed by atoms with E-state index in [1.54, 1.807) is 11.3 Å². The minimum Gasteiger partial charge on any atom is -0.342 e. The molecule has 1 aliphatic heterocycles. The Morgan fingerprint density at radius 2 is 2.14 bits per heavy atom. The predicted molar refractivity (Wildman–Crippen MR) is 86.9 cm³/mol. The van der Waals surface area contributed by atoms with Gasteiger partial charge in [0.15, 0.2) is 5.13 Å². The van der Waals surface area contributed by atoms with Gasteiger partial charge in [-0.2, -0.15) is 0 Å². The van der Waals surface area contributed by atoms with Crippen molar-refractivity contribution in [2.75, 3.05) is 18.4 Å². The molecule has 0 spiro atoms. The molecule has 2 amide bonds. The summed E-state index contributed by atoms with van der Waals surface area (Å²) in [5, 5.41) is 3.68. The van der Waals surface area contributed by atoms with Crippen molar-refractivity contribution >= 4 is 28.3 Å². The fraction of sp³-hybridized carbons (Fsp3) is 0.688. The Hall–Kier alpha value is -1.43. The average Bonchev–Trinajstić information content (AvgIpc) is 3.07. The maximum atomic E-state index is 12.5. The molecule has 2 heterocycles. The van der Waals surface area contributed by atoms with Crippen LogP contribution < -0.4 is 5.32 Å². The number of aromatic nitrogens is 1. The zero-order chi connectivity index (χ0) is 15.7. The molecule has 1 unspecified atom stereocenters. The number of nitrogens with one attached hydrogen (secondary N) is 1. The number of nitrogens with zero attached hydrogens (tertiary/aromatic N) is 2. The van der Waals surface area contributed by atoms with Gasteiger partial charge in [-0.3, -0.25) is 9.59 Å². The number of amides is 2. The Bertz CT molecular complexity index is 560. The second-order valence-electron chi connectivity index (χ2n) is 6.51. The molecule has 6 heteroatoms. The van der Waals surface area contributed by atoms with E-state index >= 15 is 0 Å². The van der Waals surface area contributed by atoms with Gasteiger partial charge < -0.3 is 10.2 Å². The molecule has 0 radical (unpaired) electrons. The van der Waals surface area contributed by atoms with Crippen molar-refractivity contribution in [3.8, 4) is 0 Å². The summed E-state index contributed by atoms with van der Waals surface area (Å²) in [6.45, 7) is 5.12. The van der Waals surface area contributed by atoms with Crippen molar-refractivity contribution < 1.29 is 9.59 Å². The molecule has 5 nitrogen and oxygen atoms in total. The number of carbonyl (C=O) groups excluding carboxylic acids is 2. The van der Waals surface area contributed by atoms with Crippen molar-refractivity contribution in [1.29, 1.82) is 0 Å².